The average molecular weight is 279 g/mol. The third-order valence-electron chi connectivity index (χ3n) is 2.67. The van der Waals surface area contributed by atoms with E-state index in [1.165, 1.54) is 9.56 Å². The summed E-state index contributed by atoms with van der Waals surface area (Å²) < 4.78 is 1.49. The summed E-state index contributed by atoms with van der Waals surface area (Å²) in [4.78, 5) is 14.3. The van der Waals surface area contributed by atoms with E-state index in [0.29, 0.717) is 12.2 Å². The van der Waals surface area contributed by atoms with Crippen LogP contribution in [0.3, 0.4) is 0 Å². The number of carbonyl (C=O) groups is 1. The number of hydrogen-bond donors (Lipinski definition) is 2. The molecule has 19 heavy (non-hydrogen) atoms. The van der Waals surface area contributed by atoms with Gasteiger partial charge >= 0.3 is 0 Å². The number of rotatable bonds is 5. The highest BCUT2D eigenvalue weighted by Gasteiger charge is 2.12. The lowest BCUT2D eigenvalue weighted by Crippen LogP contribution is -2.29. The molecule has 0 spiro atoms. The molecule has 102 valence electrons. The summed E-state index contributed by atoms with van der Waals surface area (Å²) in [6.07, 6.45) is 1.68. The van der Waals surface area contributed by atoms with Crippen molar-refractivity contribution in [3.63, 3.8) is 0 Å². The number of aromatic nitrogens is 3. The topological polar surface area (TPSA) is 85.8 Å². The van der Waals surface area contributed by atoms with Crippen molar-refractivity contribution in [2.24, 2.45) is 5.73 Å². The van der Waals surface area contributed by atoms with Crippen molar-refractivity contribution in [1.29, 1.82) is 0 Å². The second kappa shape index (κ2) is 5.94. The number of amides is 1. The fraction of sp³-hybridized carbons (Fsp3) is 0.417. The minimum Gasteiger partial charge on any atom is -0.347 e. The van der Waals surface area contributed by atoms with Crippen molar-refractivity contribution in [2.45, 2.75) is 33.0 Å². The van der Waals surface area contributed by atoms with E-state index in [-0.39, 0.29) is 18.5 Å². The van der Waals surface area contributed by atoms with Crippen molar-refractivity contribution in [3.8, 4) is 0 Å². The van der Waals surface area contributed by atoms with Gasteiger partial charge in [-0.3, -0.25) is 4.79 Å². The Balaban J connectivity index is 1.90. The van der Waals surface area contributed by atoms with Gasteiger partial charge in [-0.2, -0.15) is 0 Å². The summed E-state index contributed by atoms with van der Waals surface area (Å²) in [5, 5.41) is 10.6. The number of aryl methyl sites for hydroxylation is 1. The van der Waals surface area contributed by atoms with E-state index < -0.39 is 0 Å². The highest BCUT2D eigenvalue weighted by Crippen LogP contribution is 2.22. The first-order valence-corrected chi connectivity index (χ1v) is 6.85. The first-order chi connectivity index (χ1) is 9.08. The second-order valence-corrected chi connectivity index (χ2v) is 5.67. The van der Waals surface area contributed by atoms with Crippen molar-refractivity contribution in [1.82, 2.24) is 20.3 Å². The number of nitrogens with one attached hydrogen (secondary N) is 1. The van der Waals surface area contributed by atoms with Gasteiger partial charge in [0.2, 0.25) is 5.91 Å². The van der Waals surface area contributed by atoms with Gasteiger partial charge in [0.05, 0.1) is 17.9 Å². The van der Waals surface area contributed by atoms with Crippen LogP contribution in [-0.4, -0.2) is 20.9 Å². The monoisotopic (exact) mass is 279 g/mol. The largest absolute Gasteiger partial charge is 0.347 e. The minimum absolute atomic E-state index is 0.00343. The molecule has 0 aliphatic rings. The lowest BCUT2D eigenvalue weighted by Gasteiger charge is -2.11. The maximum atomic E-state index is 11.9. The van der Waals surface area contributed by atoms with Crippen LogP contribution in [0.25, 0.3) is 0 Å². The molecule has 6 nitrogen and oxygen atoms in total. The lowest BCUT2D eigenvalue weighted by atomic mass is 10.2. The van der Waals surface area contributed by atoms with Crippen LogP contribution in [0.2, 0.25) is 0 Å². The molecule has 0 aliphatic heterocycles. The molecule has 0 saturated heterocycles. The quantitative estimate of drug-likeness (QED) is 0.854. The molecular weight excluding hydrogens is 262 g/mol. The number of carbonyl (C=O) groups excluding carboxylic acids is 1. The first-order valence-electron chi connectivity index (χ1n) is 6.03. The average Bonchev–Trinajstić information content (AvgIpc) is 2.97. The van der Waals surface area contributed by atoms with Crippen LogP contribution in [0, 0.1) is 6.92 Å². The van der Waals surface area contributed by atoms with Crippen LogP contribution in [0.1, 0.15) is 28.4 Å². The molecule has 1 amide bonds. The van der Waals surface area contributed by atoms with Gasteiger partial charge in [-0.05, 0) is 26.0 Å². The zero-order chi connectivity index (χ0) is 13.8. The molecule has 3 N–H and O–H groups in total. The Morgan fingerprint density at radius 1 is 1.58 bits per heavy atom. The summed E-state index contributed by atoms with van der Waals surface area (Å²) in [6, 6.07) is 4.09. The van der Waals surface area contributed by atoms with E-state index in [4.69, 9.17) is 5.73 Å². The Morgan fingerprint density at radius 3 is 2.95 bits per heavy atom. The fourth-order valence-corrected chi connectivity index (χ4v) is 2.58. The van der Waals surface area contributed by atoms with E-state index in [1.54, 1.807) is 17.5 Å². The zero-order valence-corrected chi connectivity index (χ0v) is 11.8. The fourth-order valence-electron chi connectivity index (χ4n) is 1.70. The molecule has 0 saturated carbocycles. The van der Waals surface area contributed by atoms with Crippen molar-refractivity contribution in [3.05, 3.63) is 33.8 Å². The van der Waals surface area contributed by atoms with Crippen LogP contribution in [0.4, 0.5) is 0 Å². The molecule has 0 radical (unpaired) electrons. The molecular formula is C12H17N5OS. The molecule has 7 heteroatoms. The van der Waals surface area contributed by atoms with Crippen molar-refractivity contribution >= 4 is 17.2 Å². The second-order valence-electron chi connectivity index (χ2n) is 4.35. The smallest absolute Gasteiger partial charge is 0.242 e. The highest BCUT2D eigenvalue weighted by molar-refractivity contribution is 7.12. The minimum atomic E-state index is -0.0907. The molecule has 2 aromatic rings. The van der Waals surface area contributed by atoms with Gasteiger partial charge in [0.25, 0.3) is 0 Å². The number of thiophene rings is 1. The van der Waals surface area contributed by atoms with Gasteiger partial charge in [-0.1, -0.05) is 5.21 Å². The number of hydrogen-bond acceptors (Lipinski definition) is 5. The predicted octanol–water partition coefficient (Wildman–Crippen LogP) is 0.984. The SMILES string of the molecule is Cc1ccc(C(C)NC(=O)Cn2cc(CN)nn2)s1. The molecule has 0 aromatic carbocycles. The molecule has 2 aromatic heterocycles. The summed E-state index contributed by atoms with van der Waals surface area (Å²) in [7, 11) is 0. The Morgan fingerprint density at radius 2 is 2.37 bits per heavy atom. The summed E-state index contributed by atoms with van der Waals surface area (Å²) in [5.74, 6) is -0.0907. The molecule has 2 heterocycles. The lowest BCUT2D eigenvalue weighted by molar-refractivity contribution is -0.122. The summed E-state index contributed by atoms with van der Waals surface area (Å²) in [6.45, 7) is 4.50. The third kappa shape index (κ3) is 3.62. The van der Waals surface area contributed by atoms with Crippen molar-refractivity contribution in [2.75, 3.05) is 0 Å². The molecule has 1 atom stereocenters. The third-order valence-corrected chi connectivity index (χ3v) is 3.85. The molecule has 2 rings (SSSR count). The van der Waals surface area contributed by atoms with Crippen molar-refractivity contribution < 1.29 is 4.79 Å². The molecule has 1 unspecified atom stereocenters. The zero-order valence-electron chi connectivity index (χ0n) is 11.0. The van der Waals surface area contributed by atoms with Gasteiger partial charge in [0.15, 0.2) is 0 Å². The van der Waals surface area contributed by atoms with Gasteiger partial charge in [-0.15, -0.1) is 16.4 Å². The normalized spacial score (nSPS) is 12.4. The Bertz CT molecular complexity index is 562. The Kier molecular flexibility index (Phi) is 4.28. The van der Waals surface area contributed by atoms with Gasteiger partial charge < -0.3 is 11.1 Å². The van der Waals surface area contributed by atoms with E-state index >= 15 is 0 Å². The van der Waals surface area contributed by atoms with E-state index in [2.05, 4.69) is 15.6 Å². The van der Waals surface area contributed by atoms with Crippen LogP contribution in [0.15, 0.2) is 18.3 Å². The Hall–Kier alpha value is -1.73. The summed E-state index contributed by atoms with van der Waals surface area (Å²) in [5.41, 5.74) is 6.11. The van der Waals surface area contributed by atoms with Gasteiger partial charge in [0.1, 0.15) is 6.54 Å². The van der Waals surface area contributed by atoms with Crippen LogP contribution in [0.5, 0.6) is 0 Å². The predicted molar refractivity (Wildman–Crippen MR) is 73.5 cm³/mol. The van der Waals surface area contributed by atoms with Crippen LogP contribution < -0.4 is 11.1 Å². The maximum Gasteiger partial charge on any atom is 0.242 e. The number of nitrogens with zero attached hydrogens (tertiary/aromatic N) is 3. The van der Waals surface area contributed by atoms with E-state index in [9.17, 15) is 4.79 Å². The Labute approximate surface area is 115 Å². The molecule has 0 bridgehead atoms. The number of nitrogens with two attached hydrogens (primary N) is 1. The van der Waals surface area contributed by atoms with Crippen LogP contribution in [-0.2, 0) is 17.9 Å². The highest BCUT2D eigenvalue weighted by atomic mass is 32.1. The van der Waals surface area contributed by atoms with Gasteiger partial charge in [-0.25, -0.2) is 4.68 Å². The van der Waals surface area contributed by atoms with Crippen LogP contribution >= 0.6 is 11.3 Å². The first kappa shape index (κ1) is 13.7. The molecule has 0 fully saturated rings. The van der Waals surface area contributed by atoms with Gasteiger partial charge in [0, 0.05) is 16.3 Å². The van der Waals surface area contributed by atoms with E-state index in [1.807, 2.05) is 26.0 Å². The molecule has 0 aliphatic carbocycles. The summed E-state index contributed by atoms with van der Waals surface area (Å²) >= 11 is 1.69. The maximum absolute atomic E-state index is 11.9. The van der Waals surface area contributed by atoms with E-state index in [0.717, 1.165) is 4.88 Å². The standard InChI is InChI=1S/C12H17N5OS/c1-8-3-4-11(19-8)9(2)14-12(18)7-17-6-10(5-13)15-16-17/h3-4,6,9H,5,7,13H2,1-2H3,(H,14,18).